The van der Waals surface area contributed by atoms with Crippen molar-refractivity contribution in [2.24, 2.45) is 0 Å². The molecule has 1 amide bonds. The van der Waals surface area contributed by atoms with E-state index in [1.165, 1.54) is 11.5 Å². The van der Waals surface area contributed by atoms with Crippen LogP contribution in [0.15, 0.2) is 0 Å². The van der Waals surface area contributed by atoms with E-state index in [0.29, 0.717) is 17.0 Å². The molecule has 2 heterocycles. The minimum atomic E-state index is -0.395. The summed E-state index contributed by atoms with van der Waals surface area (Å²) < 4.78 is 4.05. The average molecular weight is 254 g/mol. The topological polar surface area (TPSA) is 58.1 Å². The smallest absolute Gasteiger partial charge is 0.246 e. The standard InChI is InChI=1S/C11H18N4OS/c1-7(2)15-6-5-11(15,4)9(16)13-10-12-8(3)14-17-10/h7H,5-6H2,1-4H3,(H,12,13,14,16). The minimum absolute atomic E-state index is 0.0219. The Labute approximate surface area is 105 Å². The molecule has 1 unspecified atom stereocenters. The zero-order valence-corrected chi connectivity index (χ0v) is 11.5. The fourth-order valence-electron chi connectivity index (χ4n) is 2.23. The van der Waals surface area contributed by atoms with Crippen LogP contribution in [0, 0.1) is 6.92 Å². The van der Waals surface area contributed by atoms with Gasteiger partial charge in [-0.2, -0.15) is 4.37 Å². The van der Waals surface area contributed by atoms with Crippen molar-refractivity contribution < 1.29 is 4.79 Å². The van der Waals surface area contributed by atoms with Gasteiger partial charge in [0.2, 0.25) is 11.0 Å². The Balaban J connectivity index is 2.05. The summed E-state index contributed by atoms with van der Waals surface area (Å²) in [5.74, 6) is 0.721. The van der Waals surface area contributed by atoms with Gasteiger partial charge < -0.3 is 0 Å². The van der Waals surface area contributed by atoms with Crippen LogP contribution in [0.5, 0.6) is 0 Å². The lowest BCUT2D eigenvalue weighted by Gasteiger charge is -2.51. The van der Waals surface area contributed by atoms with Gasteiger partial charge in [0.05, 0.1) is 5.54 Å². The number of carbonyl (C=O) groups excluding carboxylic acids is 1. The summed E-state index contributed by atoms with van der Waals surface area (Å²) >= 11 is 1.23. The van der Waals surface area contributed by atoms with Crippen molar-refractivity contribution in [2.45, 2.75) is 45.7 Å². The molecule has 94 valence electrons. The van der Waals surface area contributed by atoms with Crippen LogP contribution < -0.4 is 5.32 Å². The largest absolute Gasteiger partial charge is 0.299 e. The number of amides is 1. The van der Waals surface area contributed by atoms with Crippen molar-refractivity contribution >= 4 is 22.6 Å². The SMILES string of the molecule is Cc1nsc(NC(=O)C2(C)CCN2C(C)C)n1. The fraction of sp³-hybridized carbons (Fsp3) is 0.727. The molecule has 1 aromatic heterocycles. The predicted molar refractivity (Wildman–Crippen MR) is 68.1 cm³/mol. The average Bonchev–Trinajstić information content (AvgIpc) is 2.60. The molecular formula is C11H18N4OS. The molecule has 0 bridgehead atoms. The molecule has 1 saturated heterocycles. The number of anilines is 1. The van der Waals surface area contributed by atoms with Gasteiger partial charge in [0, 0.05) is 24.1 Å². The summed E-state index contributed by atoms with van der Waals surface area (Å²) in [4.78, 5) is 18.6. The number of hydrogen-bond donors (Lipinski definition) is 1. The normalized spacial score (nSPS) is 24.8. The monoisotopic (exact) mass is 254 g/mol. The summed E-state index contributed by atoms with van der Waals surface area (Å²) in [6.45, 7) is 9.01. The Bertz CT molecular complexity index is 431. The number of aromatic nitrogens is 2. The first-order valence-corrected chi connectivity index (χ1v) is 6.59. The van der Waals surface area contributed by atoms with Gasteiger partial charge in [0.1, 0.15) is 5.82 Å². The molecule has 1 aliphatic heterocycles. The zero-order valence-electron chi connectivity index (χ0n) is 10.6. The van der Waals surface area contributed by atoms with Crippen LogP contribution in [0.3, 0.4) is 0 Å². The fourth-order valence-corrected chi connectivity index (χ4v) is 2.80. The Hall–Kier alpha value is -1.01. The molecule has 17 heavy (non-hydrogen) atoms. The van der Waals surface area contributed by atoms with E-state index in [9.17, 15) is 4.79 Å². The zero-order chi connectivity index (χ0) is 12.6. The van der Waals surface area contributed by atoms with Crippen LogP contribution in [0.1, 0.15) is 33.0 Å². The molecule has 0 spiro atoms. The number of nitrogens with zero attached hydrogens (tertiary/aromatic N) is 3. The molecule has 0 radical (unpaired) electrons. The van der Waals surface area contributed by atoms with Crippen LogP contribution in [0.25, 0.3) is 0 Å². The summed E-state index contributed by atoms with van der Waals surface area (Å²) in [5, 5.41) is 3.44. The van der Waals surface area contributed by atoms with E-state index < -0.39 is 5.54 Å². The van der Waals surface area contributed by atoms with Gasteiger partial charge >= 0.3 is 0 Å². The maximum Gasteiger partial charge on any atom is 0.246 e. The van der Waals surface area contributed by atoms with Crippen molar-refractivity contribution in [3.63, 3.8) is 0 Å². The summed E-state index contributed by atoms with van der Waals surface area (Å²) in [6.07, 6.45) is 0.898. The van der Waals surface area contributed by atoms with Crippen LogP contribution >= 0.6 is 11.5 Å². The lowest BCUT2D eigenvalue weighted by molar-refractivity contribution is -0.138. The van der Waals surface area contributed by atoms with E-state index in [1.54, 1.807) is 0 Å². The van der Waals surface area contributed by atoms with E-state index in [-0.39, 0.29) is 5.91 Å². The van der Waals surface area contributed by atoms with Gasteiger partial charge in [-0.05, 0) is 34.1 Å². The van der Waals surface area contributed by atoms with Crippen LogP contribution in [0.4, 0.5) is 5.13 Å². The number of rotatable bonds is 3. The second kappa shape index (κ2) is 4.34. The molecule has 0 aromatic carbocycles. The molecular weight excluding hydrogens is 236 g/mol. The third kappa shape index (κ3) is 2.19. The van der Waals surface area contributed by atoms with Gasteiger partial charge in [0.15, 0.2) is 0 Å². The van der Waals surface area contributed by atoms with Crippen LogP contribution in [-0.2, 0) is 4.79 Å². The van der Waals surface area contributed by atoms with Crippen molar-refractivity contribution in [1.82, 2.24) is 14.3 Å². The van der Waals surface area contributed by atoms with Crippen LogP contribution in [0.2, 0.25) is 0 Å². The maximum atomic E-state index is 12.2. The van der Waals surface area contributed by atoms with Crippen molar-refractivity contribution in [3.05, 3.63) is 5.82 Å². The Kier molecular flexibility index (Phi) is 3.18. The second-order valence-electron chi connectivity index (χ2n) is 4.91. The first kappa shape index (κ1) is 12.4. The predicted octanol–water partition coefficient (Wildman–Crippen LogP) is 1.66. The first-order chi connectivity index (χ1) is 7.93. The molecule has 2 rings (SSSR count). The third-order valence-electron chi connectivity index (χ3n) is 3.33. The maximum absolute atomic E-state index is 12.2. The molecule has 1 atom stereocenters. The van der Waals surface area contributed by atoms with E-state index in [4.69, 9.17) is 0 Å². The number of aryl methyl sites for hydroxylation is 1. The molecule has 0 aliphatic carbocycles. The van der Waals surface area contributed by atoms with Gasteiger partial charge in [0.25, 0.3) is 0 Å². The lowest BCUT2D eigenvalue weighted by atomic mass is 9.84. The Morgan fingerprint density at radius 1 is 1.59 bits per heavy atom. The van der Waals surface area contributed by atoms with E-state index in [0.717, 1.165) is 13.0 Å². The number of nitrogens with one attached hydrogen (secondary N) is 1. The van der Waals surface area contributed by atoms with E-state index >= 15 is 0 Å². The summed E-state index contributed by atoms with van der Waals surface area (Å²) in [5.41, 5.74) is -0.395. The molecule has 1 aromatic rings. The summed E-state index contributed by atoms with van der Waals surface area (Å²) in [7, 11) is 0. The summed E-state index contributed by atoms with van der Waals surface area (Å²) in [6, 6.07) is 0.385. The van der Waals surface area contributed by atoms with Crippen molar-refractivity contribution in [2.75, 3.05) is 11.9 Å². The first-order valence-electron chi connectivity index (χ1n) is 5.82. The highest BCUT2D eigenvalue weighted by atomic mass is 32.1. The van der Waals surface area contributed by atoms with Gasteiger partial charge in [-0.25, -0.2) is 4.98 Å². The number of carbonyl (C=O) groups is 1. The van der Waals surface area contributed by atoms with Crippen molar-refractivity contribution in [3.8, 4) is 0 Å². The van der Waals surface area contributed by atoms with Crippen molar-refractivity contribution in [1.29, 1.82) is 0 Å². The molecule has 1 N–H and O–H groups in total. The van der Waals surface area contributed by atoms with E-state index in [1.807, 2.05) is 13.8 Å². The minimum Gasteiger partial charge on any atom is -0.299 e. The number of likely N-dealkylation sites (tertiary alicyclic amines) is 1. The lowest BCUT2D eigenvalue weighted by Crippen LogP contribution is -2.66. The number of hydrogen-bond acceptors (Lipinski definition) is 5. The third-order valence-corrected chi connectivity index (χ3v) is 4.06. The van der Waals surface area contributed by atoms with Gasteiger partial charge in [-0.15, -0.1) is 0 Å². The van der Waals surface area contributed by atoms with Gasteiger partial charge in [-0.1, -0.05) is 0 Å². The molecule has 6 heteroatoms. The highest BCUT2D eigenvalue weighted by Crippen LogP contribution is 2.33. The highest BCUT2D eigenvalue weighted by Gasteiger charge is 2.48. The highest BCUT2D eigenvalue weighted by molar-refractivity contribution is 7.09. The molecule has 1 aliphatic rings. The van der Waals surface area contributed by atoms with Gasteiger partial charge in [-0.3, -0.25) is 15.0 Å². The van der Waals surface area contributed by atoms with E-state index in [2.05, 4.69) is 33.4 Å². The Morgan fingerprint density at radius 3 is 2.71 bits per heavy atom. The molecule has 1 fully saturated rings. The Morgan fingerprint density at radius 2 is 2.29 bits per heavy atom. The molecule has 5 nitrogen and oxygen atoms in total. The quantitative estimate of drug-likeness (QED) is 0.891. The second-order valence-corrected chi connectivity index (χ2v) is 5.66. The molecule has 0 saturated carbocycles. The van der Waals surface area contributed by atoms with Crippen LogP contribution in [-0.4, -0.2) is 38.3 Å².